The zero-order valence-electron chi connectivity index (χ0n) is 11.4. The lowest BCUT2D eigenvalue weighted by Gasteiger charge is -2.06. The zero-order valence-corrected chi connectivity index (χ0v) is 12.2. The van der Waals surface area contributed by atoms with Gasteiger partial charge in [0.1, 0.15) is 5.01 Å². The van der Waals surface area contributed by atoms with Crippen LogP contribution in [-0.4, -0.2) is 15.0 Å². The van der Waals surface area contributed by atoms with Crippen LogP contribution in [0.3, 0.4) is 0 Å². The topological polar surface area (TPSA) is 38.7 Å². The minimum absolute atomic E-state index is 0.484. The van der Waals surface area contributed by atoms with E-state index < -0.39 is 11.7 Å². The molecule has 3 heterocycles. The van der Waals surface area contributed by atoms with E-state index in [4.69, 9.17) is 0 Å². The predicted molar refractivity (Wildman–Crippen MR) is 78.3 cm³/mol. The molecule has 3 rings (SSSR count). The van der Waals surface area contributed by atoms with Crippen molar-refractivity contribution >= 4 is 11.3 Å². The van der Waals surface area contributed by atoms with Crippen molar-refractivity contribution in [3.8, 4) is 21.1 Å². The van der Waals surface area contributed by atoms with Gasteiger partial charge in [0, 0.05) is 24.2 Å². The number of aromatic nitrogens is 3. The van der Waals surface area contributed by atoms with Crippen LogP contribution in [0.5, 0.6) is 0 Å². The van der Waals surface area contributed by atoms with Crippen LogP contribution < -0.4 is 0 Å². The van der Waals surface area contributed by atoms with Crippen molar-refractivity contribution in [2.24, 2.45) is 0 Å². The molecule has 0 amide bonds. The summed E-state index contributed by atoms with van der Waals surface area (Å²) in [5.74, 6) is 0. The number of halogens is 3. The first-order valence-electron chi connectivity index (χ1n) is 6.36. The molecule has 0 spiro atoms. The van der Waals surface area contributed by atoms with E-state index in [-0.39, 0.29) is 0 Å². The van der Waals surface area contributed by atoms with Gasteiger partial charge in [-0.1, -0.05) is 0 Å². The van der Waals surface area contributed by atoms with Gasteiger partial charge in [0.15, 0.2) is 0 Å². The van der Waals surface area contributed by atoms with Gasteiger partial charge in [0.2, 0.25) is 0 Å². The number of alkyl halides is 3. The van der Waals surface area contributed by atoms with E-state index in [0.29, 0.717) is 5.69 Å². The van der Waals surface area contributed by atoms with Crippen LogP contribution >= 0.6 is 11.3 Å². The molecule has 0 aromatic carbocycles. The highest BCUT2D eigenvalue weighted by Crippen LogP contribution is 2.35. The Labute approximate surface area is 128 Å². The SMILES string of the molecule is Cc1nc(-c2cccnc2)sc1-c1ccc(C(F)(F)F)cn1. The van der Waals surface area contributed by atoms with E-state index >= 15 is 0 Å². The minimum atomic E-state index is -4.38. The molecule has 0 aliphatic carbocycles. The van der Waals surface area contributed by atoms with Crippen LogP contribution in [0.1, 0.15) is 11.3 Å². The lowest BCUT2D eigenvalue weighted by molar-refractivity contribution is -0.137. The molecule has 0 atom stereocenters. The van der Waals surface area contributed by atoms with Gasteiger partial charge in [-0.3, -0.25) is 9.97 Å². The largest absolute Gasteiger partial charge is 0.417 e. The second-order valence-corrected chi connectivity index (χ2v) is 5.60. The molecule has 7 heteroatoms. The Morgan fingerprint density at radius 1 is 1.09 bits per heavy atom. The van der Waals surface area contributed by atoms with E-state index in [0.717, 1.165) is 33.4 Å². The van der Waals surface area contributed by atoms with Crippen LogP contribution in [0.15, 0.2) is 42.9 Å². The summed E-state index contributed by atoms with van der Waals surface area (Å²) in [6.45, 7) is 1.81. The summed E-state index contributed by atoms with van der Waals surface area (Å²) in [5.41, 5.74) is 1.33. The second-order valence-electron chi connectivity index (χ2n) is 4.61. The number of rotatable bonds is 2. The van der Waals surface area contributed by atoms with Gasteiger partial charge in [-0.25, -0.2) is 4.98 Å². The van der Waals surface area contributed by atoms with Crippen LogP contribution in [0.4, 0.5) is 13.2 Å². The van der Waals surface area contributed by atoms with Crippen LogP contribution in [0.25, 0.3) is 21.1 Å². The highest BCUT2D eigenvalue weighted by molar-refractivity contribution is 7.18. The molecule has 0 saturated heterocycles. The molecule has 0 bridgehead atoms. The number of pyridine rings is 2. The quantitative estimate of drug-likeness (QED) is 0.693. The predicted octanol–water partition coefficient (Wildman–Crippen LogP) is 4.59. The summed E-state index contributed by atoms with van der Waals surface area (Å²) >= 11 is 1.38. The van der Waals surface area contributed by atoms with Crippen molar-refractivity contribution in [2.75, 3.05) is 0 Å². The summed E-state index contributed by atoms with van der Waals surface area (Å²) < 4.78 is 37.7. The smallest absolute Gasteiger partial charge is 0.264 e. The Balaban J connectivity index is 1.98. The van der Waals surface area contributed by atoms with Crippen LogP contribution in [-0.2, 0) is 6.18 Å². The van der Waals surface area contributed by atoms with Crippen molar-refractivity contribution in [1.29, 1.82) is 0 Å². The third-order valence-corrected chi connectivity index (χ3v) is 4.26. The van der Waals surface area contributed by atoms with Crippen molar-refractivity contribution in [2.45, 2.75) is 13.1 Å². The molecule has 0 fully saturated rings. The normalized spacial score (nSPS) is 11.6. The van der Waals surface area contributed by atoms with Gasteiger partial charge in [-0.15, -0.1) is 11.3 Å². The van der Waals surface area contributed by atoms with E-state index in [2.05, 4.69) is 15.0 Å². The monoisotopic (exact) mass is 321 g/mol. The summed E-state index contributed by atoms with van der Waals surface area (Å²) in [6, 6.07) is 6.10. The molecule has 0 aliphatic heterocycles. The maximum atomic E-state index is 12.6. The highest BCUT2D eigenvalue weighted by atomic mass is 32.1. The van der Waals surface area contributed by atoms with Gasteiger partial charge in [-0.2, -0.15) is 13.2 Å². The summed E-state index contributed by atoms with van der Waals surface area (Å²) in [5, 5.41) is 0.766. The number of nitrogens with zero attached hydrogens (tertiary/aromatic N) is 3. The number of hydrogen-bond acceptors (Lipinski definition) is 4. The van der Waals surface area contributed by atoms with Gasteiger partial charge < -0.3 is 0 Å². The Bertz CT molecular complexity index is 780. The van der Waals surface area contributed by atoms with Crippen molar-refractivity contribution in [3.05, 3.63) is 54.1 Å². The van der Waals surface area contributed by atoms with Gasteiger partial charge in [0.05, 0.1) is 21.8 Å². The number of aryl methyl sites for hydroxylation is 1. The fourth-order valence-electron chi connectivity index (χ4n) is 1.94. The van der Waals surface area contributed by atoms with E-state index in [1.165, 1.54) is 17.4 Å². The van der Waals surface area contributed by atoms with Crippen LogP contribution in [0, 0.1) is 6.92 Å². The van der Waals surface area contributed by atoms with Crippen LogP contribution in [0.2, 0.25) is 0 Å². The fraction of sp³-hybridized carbons (Fsp3) is 0.133. The summed E-state index contributed by atoms with van der Waals surface area (Å²) in [7, 11) is 0. The van der Waals surface area contributed by atoms with E-state index in [1.807, 2.05) is 19.1 Å². The van der Waals surface area contributed by atoms with Crippen molar-refractivity contribution in [3.63, 3.8) is 0 Å². The van der Waals surface area contributed by atoms with Crippen molar-refractivity contribution < 1.29 is 13.2 Å². The second kappa shape index (κ2) is 5.49. The Morgan fingerprint density at radius 2 is 1.91 bits per heavy atom. The molecule has 0 aliphatic rings. The molecule has 3 aromatic heterocycles. The lowest BCUT2D eigenvalue weighted by Crippen LogP contribution is -2.05. The molecule has 0 saturated carbocycles. The zero-order chi connectivity index (χ0) is 15.7. The molecule has 3 aromatic rings. The maximum Gasteiger partial charge on any atom is 0.417 e. The molecule has 3 nitrogen and oxygen atoms in total. The van der Waals surface area contributed by atoms with Crippen molar-refractivity contribution in [1.82, 2.24) is 15.0 Å². The van der Waals surface area contributed by atoms with E-state index in [9.17, 15) is 13.2 Å². The number of thiazole rings is 1. The summed E-state index contributed by atoms with van der Waals surface area (Å²) in [6.07, 6.45) is -0.169. The average Bonchev–Trinajstić information content (AvgIpc) is 2.89. The first-order valence-corrected chi connectivity index (χ1v) is 7.18. The molecular formula is C15H10F3N3S. The Kier molecular flexibility index (Phi) is 3.66. The third-order valence-electron chi connectivity index (χ3n) is 3.03. The molecule has 0 radical (unpaired) electrons. The van der Waals surface area contributed by atoms with Gasteiger partial charge >= 0.3 is 6.18 Å². The van der Waals surface area contributed by atoms with E-state index in [1.54, 1.807) is 12.4 Å². The molecule has 0 N–H and O–H groups in total. The molecule has 0 unspecified atom stereocenters. The first-order chi connectivity index (χ1) is 10.4. The summed E-state index contributed by atoms with van der Waals surface area (Å²) in [4.78, 5) is 13.2. The Morgan fingerprint density at radius 3 is 2.50 bits per heavy atom. The first kappa shape index (κ1) is 14.6. The maximum absolute atomic E-state index is 12.6. The molecular weight excluding hydrogens is 311 g/mol. The third kappa shape index (κ3) is 2.85. The van der Waals surface area contributed by atoms with Gasteiger partial charge in [-0.05, 0) is 31.2 Å². The number of hydrogen-bond donors (Lipinski definition) is 0. The highest BCUT2D eigenvalue weighted by Gasteiger charge is 2.30. The van der Waals surface area contributed by atoms with Gasteiger partial charge in [0.25, 0.3) is 0 Å². The molecule has 22 heavy (non-hydrogen) atoms. The average molecular weight is 321 g/mol. The minimum Gasteiger partial charge on any atom is -0.264 e. The Hall–Kier alpha value is -2.28. The standard InChI is InChI=1S/C15H10F3N3S/c1-9-13(12-5-4-11(8-20-12)15(16,17)18)22-14(21-9)10-3-2-6-19-7-10/h2-8H,1H3. The molecule has 112 valence electrons. The fourth-order valence-corrected chi connectivity index (χ4v) is 2.98. The lowest BCUT2D eigenvalue weighted by atomic mass is 10.2.